The summed E-state index contributed by atoms with van der Waals surface area (Å²) in [5.41, 5.74) is 0.803. The van der Waals surface area contributed by atoms with Gasteiger partial charge in [0.2, 0.25) is 5.91 Å². The lowest BCUT2D eigenvalue weighted by Crippen LogP contribution is -2.45. The molecule has 3 fully saturated rings. The average molecular weight is 333 g/mol. The highest BCUT2D eigenvalue weighted by Crippen LogP contribution is 2.44. The number of halogens is 1. The maximum Gasteiger partial charge on any atom is 0.233 e. The molecule has 1 aromatic carbocycles. The Labute approximate surface area is 143 Å². The third-order valence-corrected chi connectivity index (χ3v) is 6.43. The molecule has 0 bridgehead atoms. The number of benzene rings is 1. The summed E-state index contributed by atoms with van der Waals surface area (Å²) < 4.78 is 0. The Hall–Kier alpha value is -1.06. The summed E-state index contributed by atoms with van der Waals surface area (Å²) in [4.78, 5) is 18.0. The molecule has 0 radical (unpaired) electrons. The molecule has 0 spiro atoms. The van der Waals surface area contributed by atoms with Crippen LogP contribution in [-0.2, 0) is 10.2 Å². The van der Waals surface area contributed by atoms with Gasteiger partial charge in [-0.2, -0.15) is 0 Å². The maximum atomic E-state index is 13.5. The van der Waals surface area contributed by atoms with Gasteiger partial charge >= 0.3 is 0 Å². The Morgan fingerprint density at radius 1 is 1.13 bits per heavy atom. The highest BCUT2D eigenvalue weighted by atomic mass is 35.5. The molecule has 2 atom stereocenters. The van der Waals surface area contributed by atoms with Crippen LogP contribution in [-0.4, -0.2) is 48.9 Å². The van der Waals surface area contributed by atoms with Gasteiger partial charge in [0.15, 0.2) is 0 Å². The van der Waals surface area contributed by atoms with E-state index < -0.39 is 0 Å². The lowest BCUT2D eigenvalue weighted by Gasteiger charge is -2.33. The Bertz CT molecular complexity index is 597. The highest BCUT2D eigenvalue weighted by Gasteiger charge is 2.49. The topological polar surface area (TPSA) is 23.6 Å². The standard InChI is InChI=1S/C19H25ClN2O/c1-21-10-14-12-22(13-15(14)11-21)18(23)19(7-2-3-8-19)16-5-4-6-17(20)9-16/h4-6,9,14-15H,2-3,7-8,10-13H2,1H3/t14-,15+. The van der Waals surface area contributed by atoms with Crippen molar-refractivity contribution in [2.75, 3.05) is 33.2 Å². The number of rotatable bonds is 2. The molecule has 2 heterocycles. The SMILES string of the molecule is CN1C[C@@H]2CN(C(=O)C3(c4cccc(Cl)c4)CCCC3)C[C@@H]2C1. The van der Waals surface area contributed by atoms with Gasteiger partial charge in [0.25, 0.3) is 0 Å². The minimum atomic E-state index is -0.324. The average Bonchev–Trinajstić information content (AvgIpc) is 3.21. The Morgan fingerprint density at radius 3 is 2.39 bits per heavy atom. The van der Waals surface area contributed by atoms with E-state index in [4.69, 9.17) is 11.6 Å². The number of fused-ring (bicyclic) bond motifs is 1. The third kappa shape index (κ3) is 2.58. The normalized spacial score (nSPS) is 29.9. The van der Waals surface area contributed by atoms with E-state index in [2.05, 4.69) is 22.9 Å². The van der Waals surface area contributed by atoms with Crippen molar-refractivity contribution >= 4 is 17.5 Å². The van der Waals surface area contributed by atoms with Crippen LogP contribution in [0.25, 0.3) is 0 Å². The molecule has 124 valence electrons. The van der Waals surface area contributed by atoms with Crippen molar-refractivity contribution in [2.45, 2.75) is 31.1 Å². The van der Waals surface area contributed by atoms with Gasteiger partial charge in [0.05, 0.1) is 5.41 Å². The first-order chi connectivity index (χ1) is 11.1. The van der Waals surface area contributed by atoms with Crippen molar-refractivity contribution in [3.8, 4) is 0 Å². The summed E-state index contributed by atoms with van der Waals surface area (Å²) in [5, 5.41) is 0.737. The molecule has 4 rings (SSSR count). The first-order valence-corrected chi connectivity index (χ1v) is 9.20. The Balaban J connectivity index is 1.60. The first kappa shape index (κ1) is 15.5. The first-order valence-electron chi connectivity index (χ1n) is 8.82. The summed E-state index contributed by atoms with van der Waals surface area (Å²) in [6.07, 6.45) is 4.22. The predicted octanol–water partition coefficient (Wildman–Crippen LogP) is 3.17. The van der Waals surface area contributed by atoms with Gasteiger partial charge in [-0.15, -0.1) is 0 Å². The smallest absolute Gasteiger partial charge is 0.233 e. The molecule has 0 aromatic heterocycles. The number of carbonyl (C=O) groups excluding carboxylic acids is 1. The summed E-state index contributed by atoms with van der Waals surface area (Å²) >= 11 is 6.21. The van der Waals surface area contributed by atoms with Gasteiger partial charge in [0, 0.05) is 31.2 Å². The van der Waals surface area contributed by atoms with Crippen LogP contribution in [0.3, 0.4) is 0 Å². The number of hydrogen-bond donors (Lipinski definition) is 0. The molecule has 4 heteroatoms. The largest absolute Gasteiger partial charge is 0.341 e. The number of likely N-dealkylation sites (tertiary alicyclic amines) is 2. The van der Waals surface area contributed by atoms with E-state index in [0.717, 1.165) is 62.4 Å². The van der Waals surface area contributed by atoms with Gasteiger partial charge in [-0.3, -0.25) is 4.79 Å². The van der Waals surface area contributed by atoms with Crippen LogP contribution in [0.4, 0.5) is 0 Å². The zero-order valence-electron chi connectivity index (χ0n) is 13.8. The Kier molecular flexibility index (Phi) is 3.89. The maximum absolute atomic E-state index is 13.5. The molecule has 2 saturated heterocycles. The fraction of sp³-hybridized carbons (Fsp3) is 0.632. The van der Waals surface area contributed by atoms with Crippen LogP contribution in [0.1, 0.15) is 31.2 Å². The predicted molar refractivity (Wildman–Crippen MR) is 92.7 cm³/mol. The quantitative estimate of drug-likeness (QED) is 0.830. The lowest BCUT2D eigenvalue weighted by atomic mass is 9.77. The second kappa shape index (κ2) is 5.78. The second-order valence-corrected chi connectivity index (χ2v) is 8.19. The summed E-state index contributed by atoms with van der Waals surface area (Å²) in [7, 11) is 2.19. The summed E-state index contributed by atoms with van der Waals surface area (Å²) in [6, 6.07) is 7.99. The van der Waals surface area contributed by atoms with Crippen LogP contribution in [0.5, 0.6) is 0 Å². The van der Waals surface area contributed by atoms with Crippen molar-refractivity contribution in [1.82, 2.24) is 9.80 Å². The third-order valence-electron chi connectivity index (χ3n) is 6.20. The fourth-order valence-electron chi connectivity index (χ4n) is 5.09. The van der Waals surface area contributed by atoms with E-state index in [0.29, 0.717) is 17.7 Å². The number of nitrogens with zero attached hydrogens (tertiary/aromatic N) is 2. The molecule has 3 aliphatic rings. The molecule has 0 N–H and O–H groups in total. The van der Waals surface area contributed by atoms with Gasteiger partial charge in [0.1, 0.15) is 0 Å². The van der Waals surface area contributed by atoms with E-state index in [-0.39, 0.29) is 5.41 Å². The van der Waals surface area contributed by atoms with Crippen molar-refractivity contribution in [2.24, 2.45) is 11.8 Å². The molecule has 1 amide bonds. The molecule has 1 aliphatic carbocycles. The van der Waals surface area contributed by atoms with Crippen LogP contribution in [0.15, 0.2) is 24.3 Å². The summed E-state index contributed by atoms with van der Waals surface area (Å²) in [5.74, 6) is 1.69. The molecule has 2 aliphatic heterocycles. The number of carbonyl (C=O) groups is 1. The Morgan fingerprint density at radius 2 is 1.78 bits per heavy atom. The second-order valence-electron chi connectivity index (χ2n) is 7.75. The van der Waals surface area contributed by atoms with Crippen molar-refractivity contribution in [3.05, 3.63) is 34.9 Å². The van der Waals surface area contributed by atoms with E-state index in [1.54, 1.807) is 0 Å². The molecule has 1 saturated carbocycles. The van der Waals surface area contributed by atoms with Crippen molar-refractivity contribution in [3.63, 3.8) is 0 Å². The zero-order valence-corrected chi connectivity index (χ0v) is 14.6. The monoisotopic (exact) mass is 332 g/mol. The molecule has 23 heavy (non-hydrogen) atoms. The highest BCUT2D eigenvalue weighted by molar-refractivity contribution is 6.30. The minimum absolute atomic E-state index is 0.324. The van der Waals surface area contributed by atoms with Gasteiger partial charge in [-0.25, -0.2) is 0 Å². The number of amides is 1. The fourth-order valence-corrected chi connectivity index (χ4v) is 5.28. The van der Waals surface area contributed by atoms with Crippen LogP contribution in [0, 0.1) is 11.8 Å². The molecular formula is C19H25ClN2O. The molecule has 1 aromatic rings. The van der Waals surface area contributed by atoms with Gasteiger partial charge in [-0.1, -0.05) is 36.6 Å². The zero-order chi connectivity index (χ0) is 16.0. The lowest BCUT2D eigenvalue weighted by molar-refractivity contribution is -0.136. The molecular weight excluding hydrogens is 308 g/mol. The van der Waals surface area contributed by atoms with E-state index in [1.165, 1.54) is 0 Å². The summed E-state index contributed by atoms with van der Waals surface area (Å²) in [6.45, 7) is 4.16. The van der Waals surface area contributed by atoms with E-state index in [9.17, 15) is 4.79 Å². The van der Waals surface area contributed by atoms with Crippen molar-refractivity contribution in [1.29, 1.82) is 0 Å². The van der Waals surface area contributed by atoms with Crippen molar-refractivity contribution < 1.29 is 4.79 Å². The van der Waals surface area contributed by atoms with Gasteiger partial charge in [-0.05, 0) is 49.4 Å². The molecule has 0 unspecified atom stereocenters. The van der Waals surface area contributed by atoms with Crippen LogP contribution >= 0.6 is 11.6 Å². The van der Waals surface area contributed by atoms with Crippen LogP contribution in [0.2, 0.25) is 5.02 Å². The van der Waals surface area contributed by atoms with Crippen LogP contribution < -0.4 is 0 Å². The van der Waals surface area contributed by atoms with E-state index in [1.807, 2.05) is 18.2 Å². The minimum Gasteiger partial charge on any atom is -0.341 e. The van der Waals surface area contributed by atoms with E-state index >= 15 is 0 Å². The number of hydrogen-bond acceptors (Lipinski definition) is 2. The molecule has 3 nitrogen and oxygen atoms in total. The van der Waals surface area contributed by atoms with Gasteiger partial charge < -0.3 is 9.80 Å².